The molecule has 1 aliphatic heterocycles. The van der Waals surface area contributed by atoms with E-state index in [0.717, 1.165) is 12.3 Å². The van der Waals surface area contributed by atoms with Crippen molar-refractivity contribution in [3.05, 3.63) is 24.7 Å². The normalized spacial score (nSPS) is 20.8. The van der Waals surface area contributed by atoms with Crippen LogP contribution in [0, 0.1) is 0 Å². The van der Waals surface area contributed by atoms with E-state index in [1.807, 2.05) is 0 Å². The summed E-state index contributed by atoms with van der Waals surface area (Å²) >= 11 is 0. The fourth-order valence-electron chi connectivity index (χ4n) is 0.713. The summed E-state index contributed by atoms with van der Waals surface area (Å²) in [6.45, 7) is 3.19. The summed E-state index contributed by atoms with van der Waals surface area (Å²) in [7, 11) is -4.61. The van der Waals surface area contributed by atoms with Crippen LogP contribution in [0.3, 0.4) is 0 Å². The van der Waals surface area contributed by atoms with Crippen molar-refractivity contribution in [3.63, 3.8) is 0 Å². The lowest BCUT2D eigenvalue weighted by atomic mass is 10.1. The molecule has 1 rings (SSSR count). The maximum absolute atomic E-state index is 10.9. The van der Waals surface area contributed by atoms with Crippen molar-refractivity contribution < 1.29 is 28.4 Å². The molecule has 0 bridgehead atoms. The Bertz CT molecular complexity index is 313. The van der Waals surface area contributed by atoms with Crippen molar-refractivity contribution >= 4 is 13.6 Å². The van der Waals surface area contributed by atoms with E-state index in [0.29, 0.717) is 0 Å². The molecule has 0 amide bonds. The molecule has 0 radical (unpaired) electrons. The first-order chi connectivity index (χ1) is 5.94. The third-order valence-corrected chi connectivity index (χ3v) is 1.71. The number of rotatable bonds is 4. The van der Waals surface area contributed by atoms with Crippen molar-refractivity contribution in [2.75, 3.05) is 0 Å². The smallest absolute Gasteiger partial charge is 0.478 e. The van der Waals surface area contributed by atoms with Crippen LogP contribution in [0.15, 0.2) is 24.7 Å². The Labute approximate surface area is 73.7 Å². The van der Waals surface area contributed by atoms with E-state index in [1.165, 1.54) is 0 Å². The molecule has 72 valence electrons. The van der Waals surface area contributed by atoms with E-state index in [4.69, 9.17) is 9.79 Å². The lowest BCUT2D eigenvalue weighted by molar-refractivity contribution is -0.125. The Hall–Kier alpha value is -1.10. The monoisotopic (exact) mass is 206 g/mol. The van der Waals surface area contributed by atoms with Crippen LogP contribution in [0.25, 0.3) is 0 Å². The minimum Gasteiger partial charge on any atom is -0.478 e. The molecule has 2 N–H and O–H groups in total. The molecule has 1 atom stereocenters. The number of ketones is 1. The summed E-state index contributed by atoms with van der Waals surface area (Å²) in [6.07, 6.45) is 0.886. The molecule has 1 heterocycles. The Morgan fingerprint density at radius 1 is 1.77 bits per heavy atom. The van der Waals surface area contributed by atoms with Crippen LogP contribution in [0.5, 0.6) is 0 Å². The minimum atomic E-state index is -4.61. The van der Waals surface area contributed by atoms with Gasteiger partial charge in [-0.05, 0) is 6.08 Å². The van der Waals surface area contributed by atoms with Crippen LogP contribution >= 0.6 is 7.82 Å². The lowest BCUT2D eigenvalue weighted by Gasteiger charge is -2.25. The number of hydrogen-bond acceptors (Lipinski definition) is 4. The van der Waals surface area contributed by atoms with E-state index in [1.54, 1.807) is 0 Å². The first kappa shape index (κ1) is 9.98. The molecule has 0 aliphatic carbocycles. The predicted octanol–water partition coefficient (Wildman–Crippen LogP) is 0.0910. The Balaban J connectivity index is 2.61. The van der Waals surface area contributed by atoms with Gasteiger partial charge >= 0.3 is 7.82 Å². The molecule has 13 heavy (non-hydrogen) atoms. The van der Waals surface area contributed by atoms with Gasteiger partial charge in [0.05, 0.1) is 0 Å². The number of phosphoric ester groups is 1. The number of phosphoric acid groups is 1. The lowest BCUT2D eigenvalue weighted by Crippen LogP contribution is -2.31. The van der Waals surface area contributed by atoms with E-state index < -0.39 is 19.7 Å². The first-order valence-electron chi connectivity index (χ1n) is 3.21. The number of hydrogen-bond donors (Lipinski definition) is 2. The number of ether oxygens (including phenoxy) is 1. The minimum absolute atomic E-state index is 0.182. The van der Waals surface area contributed by atoms with Crippen molar-refractivity contribution in [2.24, 2.45) is 0 Å². The van der Waals surface area contributed by atoms with Gasteiger partial charge in [0.15, 0.2) is 5.76 Å². The molecule has 0 fully saturated rings. The van der Waals surface area contributed by atoms with Crippen LogP contribution in [0.1, 0.15) is 0 Å². The van der Waals surface area contributed by atoms with Crippen LogP contribution in [0.4, 0.5) is 0 Å². The summed E-state index contributed by atoms with van der Waals surface area (Å²) in [6, 6.07) is 0. The predicted molar refractivity (Wildman–Crippen MR) is 41.3 cm³/mol. The highest BCUT2D eigenvalue weighted by molar-refractivity contribution is 7.46. The zero-order valence-electron chi connectivity index (χ0n) is 6.41. The van der Waals surface area contributed by atoms with Gasteiger partial charge in [0.1, 0.15) is 6.26 Å². The first-order valence-corrected chi connectivity index (χ1v) is 4.74. The summed E-state index contributed by atoms with van der Waals surface area (Å²) in [5.74, 6) is -0.691. The number of carbonyl (C=O) groups is 1. The van der Waals surface area contributed by atoms with Gasteiger partial charge in [-0.3, -0.25) is 14.6 Å². The zero-order valence-corrected chi connectivity index (χ0v) is 7.31. The third-order valence-electron chi connectivity index (χ3n) is 1.26. The second kappa shape index (κ2) is 3.33. The molecule has 7 heteroatoms. The van der Waals surface area contributed by atoms with E-state index in [2.05, 4.69) is 15.8 Å². The quantitative estimate of drug-likeness (QED) is 0.500. The Morgan fingerprint density at radius 3 is 2.69 bits per heavy atom. The van der Waals surface area contributed by atoms with E-state index in [-0.39, 0.29) is 5.76 Å². The Morgan fingerprint density at radius 2 is 2.38 bits per heavy atom. The second-order valence-electron chi connectivity index (χ2n) is 2.22. The summed E-state index contributed by atoms with van der Waals surface area (Å²) in [4.78, 5) is 27.6. The molecular formula is C6H7O6P. The van der Waals surface area contributed by atoms with Crippen molar-refractivity contribution in [3.8, 4) is 0 Å². The molecule has 1 aliphatic rings. The summed E-state index contributed by atoms with van der Waals surface area (Å²) in [5, 5.41) is 0. The molecule has 6 nitrogen and oxygen atoms in total. The molecular weight excluding hydrogens is 199 g/mol. The van der Waals surface area contributed by atoms with Gasteiger partial charge in [-0.1, -0.05) is 6.58 Å². The standard InChI is InChI=1S/C6H7O6P/c1-2-4(7)6-5(3-11-6)12-13(8,9)10/h2-3,6H,1H2,(H2,8,9,10). The molecule has 0 saturated heterocycles. The van der Waals surface area contributed by atoms with E-state index >= 15 is 0 Å². The van der Waals surface area contributed by atoms with Crippen molar-refractivity contribution in [1.82, 2.24) is 0 Å². The average Bonchev–Trinajstić information content (AvgIpc) is 1.96. The van der Waals surface area contributed by atoms with Crippen LogP contribution < -0.4 is 0 Å². The highest BCUT2D eigenvalue weighted by atomic mass is 31.2. The molecule has 0 aromatic rings. The van der Waals surface area contributed by atoms with Crippen LogP contribution in [-0.4, -0.2) is 21.7 Å². The fraction of sp³-hybridized carbons (Fsp3) is 0.167. The second-order valence-corrected chi connectivity index (χ2v) is 3.39. The zero-order chi connectivity index (χ0) is 10.1. The molecule has 0 aromatic heterocycles. The average molecular weight is 206 g/mol. The molecule has 0 saturated carbocycles. The fourth-order valence-corrected chi connectivity index (χ4v) is 1.13. The maximum atomic E-state index is 10.9. The molecule has 0 spiro atoms. The van der Waals surface area contributed by atoms with E-state index in [9.17, 15) is 9.36 Å². The third kappa shape index (κ3) is 2.42. The SMILES string of the molecule is C=CC(=O)C1OC=C1OP(=O)(O)O. The van der Waals surface area contributed by atoms with Crippen LogP contribution in [0.2, 0.25) is 0 Å². The van der Waals surface area contributed by atoms with Gasteiger partial charge in [0.2, 0.25) is 11.9 Å². The molecule has 1 unspecified atom stereocenters. The van der Waals surface area contributed by atoms with Gasteiger partial charge in [-0.25, -0.2) is 4.57 Å². The Kier molecular flexibility index (Phi) is 2.56. The maximum Gasteiger partial charge on any atom is 0.524 e. The molecule has 0 aromatic carbocycles. The van der Waals surface area contributed by atoms with Gasteiger partial charge < -0.3 is 9.26 Å². The van der Waals surface area contributed by atoms with Gasteiger partial charge in [-0.15, -0.1) is 0 Å². The summed E-state index contributed by atoms with van der Waals surface area (Å²) < 4.78 is 19.1. The van der Waals surface area contributed by atoms with Gasteiger partial charge in [0.25, 0.3) is 0 Å². The van der Waals surface area contributed by atoms with Crippen molar-refractivity contribution in [2.45, 2.75) is 6.10 Å². The summed E-state index contributed by atoms with van der Waals surface area (Å²) in [5.41, 5.74) is 0. The van der Waals surface area contributed by atoms with Gasteiger partial charge in [-0.2, -0.15) is 0 Å². The largest absolute Gasteiger partial charge is 0.524 e. The number of carbonyl (C=O) groups excluding carboxylic acids is 1. The van der Waals surface area contributed by atoms with Crippen LogP contribution in [-0.2, 0) is 18.6 Å². The topological polar surface area (TPSA) is 93.1 Å². The highest BCUT2D eigenvalue weighted by Gasteiger charge is 2.35. The highest BCUT2D eigenvalue weighted by Crippen LogP contribution is 2.42. The van der Waals surface area contributed by atoms with Gasteiger partial charge in [0, 0.05) is 0 Å². The van der Waals surface area contributed by atoms with Crippen molar-refractivity contribution in [1.29, 1.82) is 0 Å².